The first-order valence-corrected chi connectivity index (χ1v) is 6.76. The van der Waals surface area contributed by atoms with E-state index in [1.165, 1.54) is 32.1 Å². The van der Waals surface area contributed by atoms with Crippen molar-refractivity contribution in [2.75, 3.05) is 13.1 Å². The molecule has 0 unspecified atom stereocenters. The molecule has 1 aliphatic heterocycles. The third kappa shape index (κ3) is 3.68. The molecule has 0 saturated carbocycles. The molecule has 1 fully saturated rings. The molecular weight excluding hydrogens is 226 g/mol. The maximum absolute atomic E-state index is 9.17. The number of aromatic nitrogens is 1. The molecule has 2 rings (SSSR count). The Morgan fingerprint density at radius 1 is 1.39 bits per heavy atom. The van der Waals surface area contributed by atoms with Gasteiger partial charge in [0, 0.05) is 18.6 Å². The van der Waals surface area contributed by atoms with Gasteiger partial charge < -0.3 is 15.3 Å². The zero-order valence-electron chi connectivity index (χ0n) is 11.3. The molecule has 2 N–H and O–H groups in total. The average molecular weight is 249 g/mol. The van der Waals surface area contributed by atoms with E-state index in [9.17, 15) is 0 Å². The smallest absolute Gasteiger partial charge is 0.133 e. The summed E-state index contributed by atoms with van der Waals surface area (Å²) in [5.41, 5.74) is 0.985. The lowest BCUT2D eigenvalue weighted by molar-refractivity contribution is 0.160. The summed E-state index contributed by atoms with van der Waals surface area (Å²) in [7, 11) is 0. The van der Waals surface area contributed by atoms with E-state index in [1.54, 1.807) is 6.07 Å². The van der Waals surface area contributed by atoms with E-state index in [1.807, 2.05) is 6.07 Å². The van der Waals surface area contributed by atoms with Gasteiger partial charge in [0.25, 0.3) is 0 Å². The number of aromatic hydroxyl groups is 1. The fourth-order valence-electron chi connectivity index (χ4n) is 2.39. The van der Waals surface area contributed by atoms with Crippen molar-refractivity contribution < 1.29 is 5.11 Å². The van der Waals surface area contributed by atoms with Gasteiger partial charge in [-0.3, -0.25) is 4.98 Å². The van der Waals surface area contributed by atoms with Crippen LogP contribution >= 0.6 is 0 Å². The molecule has 0 aliphatic carbocycles. The highest BCUT2D eigenvalue weighted by molar-refractivity contribution is 5.17. The highest BCUT2D eigenvalue weighted by atomic mass is 16.3. The summed E-state index contributed by atoms with van der Waals surface area (Å²) in [6.07, 6.45) is 3.91. The first-order chi connectivity index (χ1) is 8.65. The Hall–Kier alpha value is -1.13. The van der Waals surface area contributed by atoms with Crippen LogP contribution in [0.4, 0.5) is 0 Å². The normalized spacial score (nSPS) is 18.4. The number of rotatable bonds is 4. The van der Waals surface area contributed by atoms with Crippen LogP contribution < -0.4 is 5.32 Å². The topological polar surface area (TPSA) is 48.4 Å². The number of hydrogen-bond donors (Lipinski definition) is 2. The molecule has 2 heterocycles. The molecule has 0 amide bonds. The number of nitrogens with zero attached hydrogens (tertiary/aromatic N) is 2. The molecule has 18 heavy (non-hydrogen) atoms. The van der Waals surface area contributed by atoms with Gasteiger partial charge in [-0.1, -0.05) is 0 Å². The van der Waals surface area contributed by atoms with Crippen molar-refractivity contribution in [1.82, 2.24) is 15.2 Å². The van der Waals surface area contributed by atoms with Crippen LogP contribution in [0.1, 0.15) is 32.4 Å². The Bertz CT molecular complexity index is 356. The SMILES string of the molecule is CC(C)N1CCC(NCc2ccc(O)cn2)CC1. The molecule has 0 aromatic carbocycles. The van der Waals surface area contributed by atoms with E-state index in [4.69, 9.17) is 5.11 Å². The zero-order valence-corrected chi connectivity index (χ0v) is 11.3. The second kappa shape index (κ2) is 6.16. The van der Waals surface area contributed by atoms with Crippen LogP contribution in [0, 0.1) is 0 Å². The highest BCUT2D eigenvalue weighted by Gasteiger charge is 2.20. The molecule has 100 valence electrons. The van der Waals surface area contributed by atoms with Gasteiger partial charge in [-0.2, -0.15) is 0 Å². The molecule has 1 aromatic rings. The molecular formula is C14H23N3O. The Morgan fingerprint density at radius 2 is 2.11 bits per heavy atom. The second-order valence-electron chi connectivity index (χ2n) is 5.29. The third-order valence-corrected chi connectivity index (χ3v) is 3.64. The van der Waals surface area contributed by atoms with E-state index in [2.05, 4.69) is 29.0 Å². The predicted octanol–water partition coefficient (Wildman–Crippen LogP) is 1.75. The van der Waals surface area contributed by atoms with E-state index in [0.717, 1.165) is 12.2 Å². The van der Waals surface area contributed by atoms with Crippen molar-refractivity contribution in [3.63, 3.8) is 0 Å². The minimum atomic E-state index is 0.226. The van der Waals surface area contributed by atoms with Crippen LogP contribution in [0.15, 0.2) is 18.3 Å². The minimum Gasteiger partial charge on any atom is -0.506 e. The quantitative estimate of drug-likeness (QED) is 0.853. The molecule has 0 spiro atoms. The molecule has 1 aliphatic rings. The largest absolute Gasteiger partial charge is 0.506 e. The first-order valence-electron chi connectivity index (χ1n) is 6.76. The summed E-state index contributed by atoms with van der Waals surface area (Å²) in [6.45, 7) is 7.66. The number of piperidine rings is 1. The van der Waals surface area contributed by atoms with E-state index >= 15 is 0 Å². The van der Waals surface area contributed by atoms with Crippen molar-refractivity contribution in [2.45, 2.75) is 45.3 Å². The third-order valence-electron chi connectivity index (χ3n) is 3.64. The Kier molecular flexibility index (Phi) is 4.55. The van der Waals surface area contributed by atoms with Crippen molar-refractivity contribution in [2.24, 2.45) is 0 Å². The van der Waals surface area contributed by atoms with Crippen molar-refractivity contribution >= 4 is 0 Å². The first kappa shape index (κ1) is 13.3. The van der Waals surface area contributed by atoms with Crippen LogP contribution in [0.25, 0.3) is 0 Å². The lowest BCUT2D eigenvalue weighted by Gasteiger charge is -2.34. The highest BCUT2D eigenvalue weighted by Crippen LogP contribution is 2.13. The van der Waals surface area contributed by atoms with Gasteiger partial charge in [0.2, 0.25) is 0 Å². The number of nitrogens with one attached hydrogen (secondary N) is 1. The van der Waals surface area contributed by atoms with Crippen LogP contribution in [0.2, 0.25) is 0 Å². The monoisotopic (exact) mass is 249 g/mol. The van der Waals surface area contributed by atoms with Crippen LogP contribution in [-0.2, 0) is 6.54 Å². The van der Waals surface area contributed by atoms with Gasteiger partial charge in [-0.05, 0) is 51.9 Å². The fourth-order valence-corrected chi connectivity index (χ4v) is 2.39. The Morgan fingerprint density at radius 3 is 2.67 bits per heavy atom. The summed E-state index contributed by atoms with van der Waals surface area (Å²) in [6, 6.07) is 4.80. The van der Waals surface area contributed by atoms with E-state index in [0.29, 0.717) is 12.1 Å². The molecule has 4 nitrogen and oxygen atoms in total. The summed E-state index contributed by atoms with van der Waals surface area (Å²) in [5.74, 6) is 0.226. The van der Waals surface area contributed by atoms with Crippen molar-refractivity contribution in [1.29, 1.82) is 0 Å². The van der Waals surface area contributed by atoms with Crippen molar-refractivity contribution in [3.8, 4) is 5.75 Å². The average Bonchev–Trinajstić information content (AvgIpc) is 2.38. The lowest BCUT2D eigenvalue weighted by atomic mass is 10.0. The second-order valence-corrected chi connectivity index (χ2v) is 5.29. The number of likely N-dealkylation sites (tertiary alicyclic amines) is 1. The predicted molar refractivity (Wildman–Crippen MR) is 72.5 cm³/mol. The summed E-state index contributed by atoms with van der Waals surface area (Å²) >= 11 is 0. The Labute approximate surface area is 109 Å². The van der Waals surface area contributed by atoms with Crippen LogP contribution in [0.5, 0.6) is 5.75 Å². The number of hydrogen-bond acceptors (Lipinski definition) is 4. The van der Waals surface area contributed by atoms with Gasteiger partial charge in [0.05, 0.1) is 11.9 Å². The van der Waals surface area contributed by atoms with Gasteiger partial charge in [0.1, 0.15) is 5.75 Å². The zero-order chi connectivity index (χ0) is 13.0. The van der Waals surface area contributed by atoms with E-state index < -0.39 is 0 Å². The van der Waals surface area contributed by atoms with Gasteiger partial charge in [0.15, 0.2) is 0 Å². The number of pyridine rings is 1. The summed E-state index contributed by atoms with van der Waals surface area (Å²) in [4.78, 5) is 6.71. The van der Waals surface area contributed by atoms with E-state index in [-0.39, 0.29) is 5.75 Å². The maximum Gasteiger partial charge on any atom is 0.133 e. The summed E-state index contributed by atoms with van der Waals surface area (Å²) in [5, 5.41) is 12.7. The van der Waals surface area contributed by atoms with Gasteiger partial charge >= 0.3 is 0 Å². The minimum absolute atomic E-state index is 0.226. The maximum atomic E-state index is 9.17. The fraction of sp³-hybridized carbons (Fsp3) is 0.643. The Balaban J connectivity index is 1.74. The molecule has 0 atom stereocenters. The van der Waals surface area contributed by atoms with Crippen LogP contribution in [-0.4, -0.2) is 40.2 Å². The summed E-state index contributed by atoms with van der Waals surface area (Å²) < 4.78 is 0. The standard InChI is InChI=1S/C14H23N3O/c1-11(2)17-7-5-12(6-8-17)15-9-13-3-4-14(18)10-16-13/h3-4,10-12,15,18H,5-9H2,1-2H3. The van der Waals surface area contributed by atoms with Crippen LogP contribution in [0.3, 0.4) is 0 Å². The van der Waals surface area contributed by atoms with Crippen molar-refractivity contribution in [3.05, 3.63) is 24.0 Å². The molecule has 0 radical (unpaired) electrons. The molecule has 1 aromatic heterocycles. The van der Waals surface area contributed by atoms with Gasteiger partial charge in [-0.25, -0.2) is 0 Å². The molecule has 0 bridgehead atoms. The molecule has 4 heteroatoms. The molecule has 1 saturated heterocycles. The lowest BCUT2D eigenvalue weighted by Crippen LogP contribution is -2.44. The van der Waals surface area contributed by atoms with Gasteiger partial charge in [-0.15, -0.1) is 0 Å².